The Labute approximate surface area is 61.1 Å². The van der Waals surface area contributed by atoms with Gasteiger partial charge >= 0.3 is 0 Å². The van der Waals surface area contributed by atoms with Gasteiger partial charge in [-0.3, -0.25) is 0 Å². The Balaban J connectivity index is 0. The molecule has 0 saturated carbocycles. The molecular formula is C9H22. The molecular weight excluding hydrogens is 108 g/mol. The van der Waals surface area contributed by atoms with Crippen LogP contribution in [0.25, 0.3) is 0 Å². The molecule has 0 saturated heterocycles. The molecule has 58 valence electrons. The molecule has 0 aromatic carbocycles. The minimum absolute atomic E-state index is 0. The first-order chi connectivity index (χ1) is 4.41. The first kappa shape index (κ1) is 9.00. The molecule has 0 rings (SSSR count). The van der Waals surface area contributed by atoms with Crippen LogP contribution in [0.2, 0.25) is 0 Å². The van der Waals surface area contributed by atoms with Crippen LogP contribution >= 0.6 is 0 Å². The second-order valence-corrected chi connectivity index (χ2v) is 2.77. The first-order valence-electron chi connectivity index (χ1n) is 4.41. The number of hydrogen-bond donors (Lipinski definition) is 0. The Hall–Kier alpha value is 0. The van der Waals surface area contributed by atoms with Gasteiger partial charge in [0.1, 0.15) is 0 Å². The summed E-state index contributed by atoms with van der Waals surface area (Å²) in [5.74, 6) is 0. The molecule has 0 heterocycles. The Morgan fingerprint density at radius 3 is 1.33 bits per heavy atom. The molecule has 0 aliphatic heterocycles. The summed E-state index contributed by atoms with van der Waals surface area (Å²) >= 11 is 0. The van der Waals surface area contributed by atoms with Gasteiger partial charge in [0.05, 0.1) is 0 Å². The molecule has 0 aliphatic carbocycles. The normalized spacial score (nSPS) is 10.0. The summed E-state index contributed by atoms with van der Waals surface area (Å²) in [4.78, 5) is 0. The van der Waals surface area contributed by atoms with Crippen LogP contribution < -0.4 is 0 Å². The van der Waals surface area contributed by atoms with Crippen molar-refractivity contribution in [3.05, 3.63) is 0 Å². The van der Waals surface area contributed by atoms with E-state index in [1.54, 1.807) is 0 Å². The van der Waals surface area contributed by atoms with E-state index in [-0.39, 0.29) is 1.43 Å². The molecule has 0 radical (unpaired) electrons. The fourth-order valence-corrected chi connectivity index (χ4v) is 1.03. The molecule has 0 fully saturated rings. The fourth-order valence-electron chi connectivity index (χ4n) is 1.03. The van der Waals surface area contributed by atoms with Crippen LogP contribution in [0.4, 0.5) is 0 Å². The zero-order valence-corrected chi connectivity index (χ0v) is 6.95. The Bertz CT molecular complexity index is 38.0. The molecule has 0 heteroatoms. The maximum absolute atomic E-state index is 2.26. The zero-order valence-electron chi connectivity index (χ0n) is 6.95. The van der Waals surface area contributed by atoms with Crippen molar-refractivity contribution in [3.63, 3.8) is 0 Å². The Morgan fingerprint density at radius 2 is 1.00 bits per heavy atom. The summed E-state index contributed by atoms with van der Waals surface area (Å²) in [5, 5.41) is 0. The number of rotatable bonds is 6. The van der Waals surface area contributed by atoms with E-state index in [1.165, 1.54) is 44.9 Å². The van der Waals surface area contributed by atoms with E-state index in [9.17, 15) is 0 Å². The van der Waals surface area contributed by atoms with E-state index in [1.807, 2.05) is 0 Å². The lowest BCUT2D eigenvalue weighted by atomic mass is 10.1. The third-order valence-corrected chi connectivity index (χ3v) is 1.71. The first-order valence-corrected chi connectivity index (χ1v) is 4.41. The molecule has 0 nitrogen and oxygen atoms in total. The molecule has 9 heavy (non-hydrogen) atoms. The predicted molar refractivity (Wildman–Crippen MR) is 45.8 cm³/mol. The van der Waals surface area contributed by atoms with Crippen LogP contribution in [0, 0.1) is 0 Å². The van der Waals surface area contributed by atoms with Crippen molar-refractivity contribution in [1.82, 2.24) is 0 Å². The lowest BCUT2D eigenvalue weighted by molar-refractivity contribution is 0.602. The van der Waals surface area contributed by atoms with Crippen molar-refractivity contribution >= 4 is 0 Å². The second kappa shape index (κ2) is 8.00. The number of unbranched alkanes of at least 4 members (excludes halogenated alkanes) is 6. The molecule has 0 aliphatic rings. The largest absolute Gasteiger partial charge is 0.0654 e. The van der Waals surface area contributed by atoms with Crippen molar-refractivity contribution in [2.24, 2.45) is 0 Å². The maximum atomic E-state index is 2.26. The van der Waals surface area contributed by atoms with Gasteiger partial charge in [0.15, 0.2) is 0 Å². The lowest BCUT2D eigenvalue weighted by Crippen LogP contribution is -1.76. The maximum Gasteiger partial charge on any atom is 0 e. The van der Waals surface area contributed by atoms with Crippen molar-refractivity contribution in [1.29, 1.82) is 0 Å². The quantitative estimate of drug-likeness (QED) is 0.477. The van der Waals surface area contributed by atoms with E-state index in [4.69, 9.17) is 0 Å². The molecule has 0 aromatic rings. The topological polar surface area (TPSA) is 0 Å². The minimum Gasteiger partial charge on any atom is -0.0654 e. The minimum atomic E-state index is 0. The summed E-state index contributed by atoms with van der Waals surface area (Å²) in [6.45, 7) is 4.53. The van der Waals surface area contributed by atoms with Crippen LogP contribution in [0.3, 0.4) is 0 Å². The zero-order chi connectivity index (χ0) is 6.95. The highest BCUT2D eigenvalue weighted by molar-refractivity contribution is 4.41. The summed E-state index contributed by atoms with van der Waals surface area (Å²) in [5.41, 5.74) is 0. The molecule has 0 aromatic heterocycles. The summed E-state index contributed by atoms with van der Waals surface area (Å²) in [6, 6.07) is 0. The van der Waals surface area contributed by atoms with E-state index in [0.717, 1.165) is 0 Å². The SMILES string of the molecule is CCCCCCCCC.[HH]. The monoisotopic (exact) mass is 130 g/mol. The van der Waals surface area contributed by atoms with E-state index in [0.29, 0.717) is 0 Å². The van der Waals surface area contributed by atoms with Gasteiger partial charge in [-0.25, -0.2) is 0 Å². The van der Waals surface area contributed by atoms with Gasteiger partial charge in [0.2, 0.25) is 0 Å². The van der Waals surface area contributed by atoms with Gasteiger partial charge < -0.3 is 0 Å². The van der Waals surface area contributed by atoms with Gasteiger partial charge in [0.25, 0.3) is 0 Å². The third-order valence-electron chi connectivity index (χ3n) is 1.71. The highest BCUT2D eigenvalue weighted by atomic mass is 13.9. The molecule has 0 bridgehead atoms. The summed E-state index contributed by atoms with van der Waals surface area (Å²) in [6.07, 6.45) is 9.97. The second-order valence-electron chi connectivity index (χ2n) is 2.77. The van der Waals surface area contributed by atoms with Crippen LogP contribution in [0.15, 0.2) is 0 Å². The highest BCUT2D eigenvalue weighted by Gasteiger charge is 1.85. The van der Waals surface area contributed by atoms with Crippen molar-refractivity contribution in [3.8, 4) is 0 Å². The Kier molecular flexibility index (Phi) is 8.00. The van der Waals surface area contributed by atoms with E-state index >= 15 is 0 Å². The average molecular weight is 130 g/mol. The van der Waals surface area contributed by atoms with Gasteiger partial charge in [0, 0.05) is 1.43 Å². The van der Waals surface area contributed by atoms with Crippen molar-refractivity contribution < 1.29 is 1.43 Å². The standard InChI is InChI=1S/C9H20.H2/c1-3-5-7-9-8-6-4-2;/h3-9H2,1-2H3;1H. The third kappa shape index (κ3) is 8.00. The van der Waals surface area contributed by atoms with Crippen molar-refractivity contribution in [2.45, 2.75) is 58.8 Å². The average Bonchev–Trinajstić information content (AvgIpc) is 1.89. The van der Waals surface area contributed by atoms with E-state index < -0.39 is 0 Å². The van der Waals surface area contributed by atoms with Gasteiger partial charge in [-0.05, 0) is 0 Å². The van der Waals surface area contributed by atoms with Gasteiger partial charge in [-0.2, -0.15) is 0 Å². The summed E-state index contributed by atoms with van der Waals surface area (Å²) < 4.78 is 0. The number of hydrogen-bond acceptors (Lipinski definition) is 0. The van der Waals surface area contributed by atoms with Gasteiger partial charge in [-0.15, -0.1) is 0 Å². The van der Waals surface area contributed by atoms with Crippen LogP contribution in [-0.4, -0.2) is 0 Å². The predicted octanol–water partition coefficient (Wildman–Crippen LogP) is 4.00. The molecule has 0 N–H and O–H groups in total. The molecule has 0 atom stereocenters. The molecule has 0 amide bonds. The fraction of sp³-hybridized carbons (Fsp3) is 1.00. The van der Waals surface area contributed by atoms with Crippen molar-refractivity contribution in [2.75, 3.05) is 0 Å². The molecule has 0 unspecified atom stereocenters. The Morgan fingerprint density at radius 1 is 0.667 bits per heavy atom. The van der Waals surface area contributed by atoms with Crippen LogP contribution in [-0.2, 0) is 0 Å². The smallest absolute Gasteiger partial charge is 0 e. The van der Waals surface area contributed by atoms with Crippen LogP contribution in [0.5, 0.6) is 0 Å². The lowest BCUT2D eigenvalue weighted by Gasteiger charge is -1.96. The van der Waals surface area contributed by atoms with Gasteiger partial charge in [-0.1, -0.05) is 58.8 Å². The molecule has 0 spiro atoms. The van der Waals surface area contributed by atoms with E-state index in [2.05, 4.69) is 13.8 Å². The van der Waals surface area contributed by atoms with Crippen LogP contribution in [0.1, 0.15) is 60.2 Å². The summed E-state index contributed by atoms with van der Waals surface area (Å²) in [7, 11) is 0. The highest BCUT2D eigenvalue weighted by Crippen LogP contribution is 2.05.